The number of amides is 1. The minimum absolute atomic E-state index is 0.0910. The van der Waals surface area contributed by atoms with Crippen LogP contribution in [-0.4, -0.2) is 20.9 Å². The number of carbonyl (C=O) groups is 1. The van der Waals surface area contributed by atoms with Crippen LogP contribution in [0.3, 0.4) is 0 Å². The van der Waals surface area contributed by atoms with Crippen molar-refractivity contribution in [2.24, 2.45) is 0 Å². The van der Waals surface area contributed by atoms with E-state index >= 15 is 0 Å². The van der Waals surface area contributed by atoms with E-state index in [1.807, 2.05) is 6.92 Å². The second-order valence-electron chi connectivity index (χ2n) is 4.89. The maximum absolute atomic E-state index is 13.1. The van der Waals surface area contributed by atoms with Crippen LogP contribution in [0.1, 0.15) is 23.7 Å². The molecule has 0 saturated heterocycles. The molecule has 23 heavy (non-hydrogen) atoms. The van der Waals surface area contributed by atoms with Crippen molar-refractivity contribution >= 4 is 21.6 Å². The van der Waals surface area contributed by atoms with Crippen LogP contribution in [0.25, 0.3) is 0 Å². The van der Waals surface area contributed by atoms with E-state index in [-0.39, 0.29) is 10.5 Å². The smallest absolute Gasteiger partial charge is 0.255 e. The first-order valence-corrected chi connectivity index (χ1v) is 8.57. The van der Waals surface area contributed by atoms with Crippen LogP contribution in [0.4, 0.5) is 10.1 Å². The number of carbonyl (C=O) groups excluding carboxylic acids is 1. The first kappa shape index (κ1) is 17.1. The molecule has 0 aliphatic carbocycles. The van der Waals surface area contributed by atoms with Crippen LogP contribution in [0.15, 0.2) is 53.4 Å². The van der Waals surface area contributed by atoms with Gasteiger partial charge in [0, 0.05) is 17.8 Å². The van der Waals surface area contributed by atoms with Crippen molar-refractivity contribution in [2.45, 2.75) is 18.2 Å². The lowest BCUT2D eigenvalue weighted by atomic mass is 10.2. The maximum atomic E-state index is 13.1. The molecule has 0 radical (unpaired) electrons. The average Bonchev–Trinajstić information content (AvgIpc) is 2.53. The number of benzene rings is 2. The van der Waals surface area contributed by atoms with Crippen LogP contribution < -0.4 is 10.0 Å². The Labute approximate surface area is 134 Å². The summed E-state index contributed by atoms with van der Waals surface area (Å²) in [4.78, 5) is 12.2. The molecule has 0 atom stereocenters. The first-order valence-electron chi connectivity index (χ1n) is 7.09. The van der Waals surface area contributed by atoms with E-state index in [1.165, 1.54) is 42.5 Å². The molecule has 0 fully saturated rings. The highest BCUT2D eigenvalue weighted by atomic mass is 32.2. The predicted molar refractivity (Wildman–Crippen MR) is 86.3 cm³/mol. The SMILES string of the molecule is CCCNS(=O)(=O)c1ccc(C(=O)Nc2cccc(F)c2)cc1. The lowest BCUT2D eigenvalue weighted by molar-refractivity contribution is 0.102. The van der Waals surface area contributed by atoms with Gasteiger partial charge in [0.15, 0.2) is 0 Å². The molecule has 0 heterocycles. The fourth-order valence-corrected chi connectivity index (χ4v) is 3.01. The van der Waals surface area contributed by atoms with Crippen LogP contribution in [0, 0.1) is 5.82 Å². The van der Waals surface area contributed by atoms with Gasteiger partial charge in [-0.1, -0.05) is 13.0 Å². The standard InChI is InChI=1S/C16H17FN2O3S/c1-2-10-18-23(21,22)15-8-6-12(7-9-15)16(20)19-14-5-3-4-13(17)11-14/h3-9,11,18H,2,10H2,1H3,(H,19,20). The van der Waals surface area contributed by atoms with Crippen LogP contribution >= 0.6 is 0 Å². The topological polar surface area (TPSA) is 75.3 Å². The molecule has 122 valence electrons. The van der Waals surface area contributed by atoms with E-state index < -0.39 is 21.7 Å². The zero-order chi connectivity index (χ0) is 16.9. The minimum atomic E-state index is -3.56. The highest BCUT2D eigenvalue weighted by molar-refractivity contribution is 7.89. The molecule has 0 aromatic heterocycles. The molecular formula is C16H17FN2O3S. The average molecular weight is 336 g/mol. The molecule has 2 rings (SSSR count). The Balaban J connectivity index is 2.11. The molecule has 0 spiro atoms. The van der Waals surface area contributed by atoms with Gasteiger partial charge in [-0.3, -0.25) is 4.79 Å². The van der Waals surface area contributed by atoms with Crippen molar-refractivity contribution < 1.29 is 17.6 Å². The van der Waals surface area contributed by atoms with Gasteiger partial charge < -0.3 is 5.32 Å². The van der Waals surface area contributed by atoms with E-state index in [0.717, 1.165) is 0 Å². The minimum Gasteiger partial charge on any atom is -0.322 e. The van der Waals surface area contributed by atoms with E-state index in [0.29, 0.717) is 18.7 Å². The molecule has 0 bridgehead atoms. The molecule has 5 nitrogen and oxygen atoms in total. The van der Waals surface area contributed by atoms with Crippen molar-refractivity contribution in [1.82, 2.24) is 4.72 Å². The van der Waals surface area contributed by atoms with Gasteiger partial charge in [0.25, 0.3) is 5.91 Å². The lowest BCUT2D eigenvalue weighted by Crippen LogP contribution is -2.24. The van der Waals surface area contributed by atoms with Crippen molar-refractivity contribution in [3.8, 4) is 0 Å². The van der Waals surface area contributed by atoms with E-state index in [4.69, 9.17) is 0 Å². The van der Waals surface area contributed by atoms with Crippen molar-refractivity contribution in [2.75, 3.05) is 11.9 Å². The Bertz CT molecular complexity index is 789. The largest absolute Gasteiger partial charge is 0.322 e. The molecule has 1 amide bonds. The maximum Gasteiger partial charge on any atom is 0.255 e. The van der Waals surface area contributed by atoms with Crippen LogP contribution in [-0.2, 0) is 10.0 Å². The molecule has 2 N–H and O–H groups in total. The molecule has 0 aliphatic rings. The summed E-state index contributed by atoms with van der Waals surface area (Å²) in [7, 11) is -3.56. The Morgan fingerprint density at radius 3 is 2.43 bits per heavy atom. The monoisotopic (exact) mass is 336 g/mol. The van der Waals surface area contributed by atoms with Gasteiger partial charge >= 0.3 is 0 Å². The quantitative estimate of drug-likeness (QED) is 0.852. The zero-order valence-corrected chi connectivity index (χ0v) is 13.4. The molecule has 0 unspecified atom stereocenters. The Kier molecular flexibility index (Phi) is 5.46. The highest BCUT2D eigenvalue weighted by Gasteiger charge is 2.14. The summed E-state index contributed by atoms with van der Waals surface area (Å²) in [6.45, 7) is 2.21. The van der Waals surface area contributed by atoms with Gasteiger partial charge in [0.05, 0.1) is 4.90 Å². The molecule has 0 saturated carbocycles. The number of halogens is 1. The number of anilines is 1. The summed E-state index contributed by atoms with van der Waals surface area (Å²) in [6, 6.07) is 11.1. The number of rotatable bonds is 6. The Morgan fingerprint density at radius 1 is 1.13 bits per heavy atom. The second-order valence-corrected chi connectivity index (χ2v) is 6.65. The second kappa shape index (κ2) is 7.34. The predicted octanol–water partition coefficient (Wildman–Crippen LogP) is 2.77. The molecular weight excluding hydrogens is 319 g/mol. The summed E-state index contributed by atoms with van der Waals surface area (Å²) in [5, 5.41) is 2.55. The van der Waals surface area contributed by atoms with Gasteiger partial charge in [0.2, 0.25) is 10.0 Å². The van der Waals surface area contributed by atoms with Gasteiger partial charge in [-0.05, 0) is 48.9 Å². The summed E-state index contributed by atoms with van der Waals surface area (Å²) in [5.74, 6) is -0.896. The molecule has 0 aliphatic heterocycles. The van der Waals surface area contributed by atoms with Gasteiger partial charge in [-0.25, -0.2) is 17.5 Å². The fourth-order valence-electron chi connectivity index (χ4n) is 1.87. The van der Waals surface area contributed by atoms with Crippen LogP contribution in [0.5, 0.6) is 0 Å². The third-order valence-electron chi connectivity index (χ3n) is 3.05. The highest BCUT2D eigenvalue weighted by Crippen LogP contribution is 2.14. The van der Waals surface area contributed by atoms with Gasteiger partial charge in [0.1, 0.15) is 5.82 Å². The van der Waals surface area contributed by atoms with Gasteiger partial charge in [-0.2, -0.15) is 0 Å². The zero-order valence-electron chi connectivity index (χ0n) is 12.5. The number of sulfonamides is 1. The summed E-state index contributed by atoms with van der Waals surface area (Å²) >= 11 is 0. The summed E-state index contributed by atoms with van der Waals surface area (Å²) in [5.41, 5.74) is 0.611. The van der Waals surface area contributed by atoms with E-state index in [2.05, 4.69) is 10.0 Å². The van der Waals surface area contributed by atoms with Crippen molar-refractivity contribution in [3.05, 3.63) is 59.9 Å². The molecule has 7 heteroatoms. The normalized spacial score (nSPS) is 11.2. The molecule has 2 aromatic carbocycles. The van der Waals surface area contributed by atoms with E-state index in [9.17, 15) is 17.6 Å². The lowest BCUT2D eigenvalue weighted by Gasteiger charge is -2.08. The Hall–Kier alpha value is -2.25. The van der Waals surface area contributed by atoms with Crippen LogP contribution in [0.2, 0.25) is 0 Å². The van der Waals surface area contributed by atoms with Gasteiger partial charge in [-0.15, -0.1) is 0 Å². The first-order chi connectivity index (χ1) is 10.9. The summed E-state index contributed by atoms with van der Waals surface area (Å²) in [6.07, 6.45) is 0.688. The third-order valence-corrected chi connectivity index (χ3v) is 4.53. The number of hydrogen-bond donors (Lipinski definition) is 2. The number of nitrogens with one attached hydrogen (secondary N) is 2. The van der Waals surface area contributed by atoms with Crippen molar-refractivity contribution in [1.29, 1.82) is 0 Å². The Morgan fingerprint density at radius 2 is 1.83 bits per heavy atom. The number of hydrogen-bond acceptors (Lipinski definition) is 3. The third kappa shape index (κ3) is 4.61. The van der Waals surface area contributed by atoms with E-state index in [1.54, 1.807) is 6.07 Å². The molecule has 2 aromatic rings. The fraction of sp³-hybridized carbons (Fsp3) is 0.188. The van der Waals surface area contributed by atoms with Crippen molar-refractivity contribution in [3.63, 3.8) is 0 Å². The summed E-state index contributed by atoms with van der Waals surface area (Å²) < 4.78 is 39.4.